The van der Waals surface area contributed by atoms with Crippen LogP contribution in [0.25, 0.3) is 22.3 Å². The Bertz CT molecular complexity index is 727. The molecule has 3 rings (SSSR count). The number of fused-ring (bicyclic) bond motifs is 1. The van der Waals surface area contributed by atoms with Crippen LogP contribution in [0.1, 0.15) is 5.89 Å². The van der Waals surface area contributed by atoms with Crippen molar-refractivity contribution in [3.63, 3.8) is 0 Å². The van der Waals surface area contributed by atoms with Gasteiger partial charge in [-0.1, -0.05) is 29.4 Å². The lowest BCUT2D eigenvalue weighted by atomic mass is 10.1. The van der Waals surface area contributed by atoms with Crippen LogP contribution in [0, 0.1) is 0 Å². The number of pyridine rings is 1. The molecule has 0 aliphatic rings. The Balaban J connectivity index is 0.00000176. The van der Waals surface area contributed by atoms with Gasteiger partial charge in [-0.15, -0.1) is 12.4 Å². The minimum absolute atomic E-state index is 0. The molecule has 2 aromatic heterocycles. The number of nitrogens with zero attached hydrogens (tertiary/aromatic N) is 3. The third-order valence-electron chi connectivity index (χ3n) is 3.11. The average molecular weight is 321 g/mol. The second-order valence-electron chi connectivity index (χ2n) is 4.56. The highest BCUT2D eigenvalue weighted by atomic mass is 35.5. The number of hydrogen-bond acceptors (Lipinski definition) is 6. The summed E-state index contributed by atoms with van der Waals surface area (Å²) in [7, 11) is 1.67. The molecule has 0 fully saturated rings. The maximum atomic E-state index is 5.24. The van der Waals surface area contributed by atoms with Gasteiger partial charge >= 0.3 is 0 Å². The summed E-state index contributed by atoms with van der Waals surface area (Å²) in [6.07, 6.45) is 1.75. The van der Waals surface area contributed by atoms with Gasteiger partial charge in [-0.2, -0.15) is 4.98 Å². The maximum absolute atomic E-state index is 5.24. The van der Waals surface area contributed by atoms with Crippen LogP contribution in [0.15, 0.2) is 41.1 Å². The Kier molecular flexibility index (Phi) is 5.83. The van der Waals surface area contributed by atoms with Crippen LogP contribution >= 0.6 is 12.4 Å². The topological polar surface area (TPSA) is 73.1 Å². The molecule has 0 aliphatic heterocycles. The molecular weight excluding hydrogens is 304 g/mol. The van der Waals surface area contributed by atoms with E-state index in [0.717, 1.165) is 23.0 Å². The normalized spacial score (nSPS) is 10.6. The molecule has 0 saturated carbocycles. The van der Waals surface area contributed by atoms with Gasteiger partial charge in [0.1, 0.15) is 5.69 Å². The lowest BCUT2D eigenvalue weighted by Gasteiger charge is -2.00. The zero-order chi connectivity index (χ0) is 14.5. The highest BCUT2D eigenvalue weighted by molar-refractivity contribution is 5.92. The SMILES string of the molecule is COCCNCc1nc(-c2nccc3ccccc23)no1.Cl. The number of halogens is 1. The summed E-state index contributed by atoms with van der Waals surface area (Å²) >= 11 is 0. The predicted molar refractivity (Wildman–Crippen MR) is 85.9 cm³/mol. The number of benzene rings is 1. The van der Waals surface area contributed by atoms with E-state index in [-0.39, 0.29) is 12.4 Å². The van der Waals surface area contributed by atoms with E-state index >= 15 is 0 Å². The van der Waals surface area contributed by atoms with Gasteiger partial charge in [-0.05, 0) is 11.5 Å². The molecule has 116 valence electrons. The summed E-state index contributed by atoms with van der Waals surface area (Å²) in [6, 6.07) is 9.97. The standard InChI is InChI=1S/C15H16N4O2.ClH/c1-20-9-8-16-10-13-18-15(19-21-13)14-12-5-3-2-4-11(12)6-7-17-14;/h2-7,16H,8-10H2,1H3;1H. The fourth-order valence-electron chi connectivity index (χ4n) is 2.09. The quantitative estimate of drug-likeness (QED) is 0.703. The summed E-state index contributed by atoms with van der Waals surface area (Å²) in [5, 5.41) is 9.30. The number of ether oxygens (including phenoxy) is 1. The van der Waals surface area contributed by atoms with Crippen molar-refractivity contribution in [3.05, 3.63) is 42.4 Å². The third kappa shape index (κ3) is 3.59. The number of hydrogen-bond donors (Lipinski definition) is 1. The minimum atomic E-state index is 0. The van der Waals surface area contributed by atoms with Crippen molar-refractivity contribution in [1.82, 2.24) is 20.4 Å². The van der Waals surface area contributed by atoms with Gasteiger partial charge in [0.05, 0.1) is 13.2 Å². The molecule has 0 aliphatic carbocycles. The first-order chi connectivity index (χ1) is 10.4. The van der Waals surface area contributed by atoms with Crippen LogP contribution < -0.4 is 5.32 Å². The minimum Gasteiger partial charge on any atom is -0.383 e. The first-order valence-electron chi connectivity index (χ1n) is 6.75. The largest absolute Gasteiger partial charge is 0.383 e. The molecule has 0 atom stereocenters. The number of methoxy groups -OCH3 is 1. The Morgan fingerprint density at radius 2 is 2.09 bits per heavy atom. The van der Waals surface area contributed by atoms with Crippen molar-refractivity contribution in [3.8, 4) is 11.5 Å². The molecule has 0 spiro atoms. The van der Waals surface area contributed by atoms with Crippen LogP contribution in [-0.2, 0) is 11.3 Å². The molecule has 0 bridgehead atoms. The zero-order valence-corrected chi connectivity index (χ0v) is 13.0. The van der Waals surface area contributed by atoms with Crippen molar-refractivity contribution in [1.29, 1.82) is 0 Å². The van der Waals surface area contributed by atoms with Gasteiger partial charge in [-0.3, -0.25) is 4.98 Å². The van der Waals surface area contributed by atoms with Gasteiger partial charge in [-0.25, -0.2) is 0 Å². The smallest absolute Gasteiger partial charge is 0.240 e. The summed E-state index contributed by atoms with van der Waals surface area (Å²) in [6.45, 7) is 1.90. The lowest BCUT2D eigenvalue weighted by molar-refractivity contribution is 0.197. The molecule has 22 heavy (non-hydrogen) atoms. The second kappa shape index (κ2) is 7.84. The Morgan fingerprint density at radius 3 is 2.95 bits per heavy atom. The molecule has 0 radical (unpaired) electrons. The summed E-state index contributed by atoms with van der Waals surface area (Å²) in [5.41, 5.74) is 0.736. The van der Waals surface area contributed by atoms with Crippen molar-refractivity contribution in [2.24, 2.45) is 0 Å². The Morgan fingerprint density at radius 1 is 1.23 bits per heavy atom. The molecule has 6 nitrogen and oxygen atoms in total. The molecule has 3 aromatic rings. The lowest BCUT2D eigenvalue weighted by Crippen LogP contribution is -2.18. The number of rotatable bonds is 6. The molecule has 1 aromatic carbocycles. The van der Waals surface area contributed by atoms with Crippen LogP contribution in [0.5, 0.6) is 0 Å². The van der Waals surface area contributed by atoms with Crippen molar-refractivity contribution >= 4 is 23.2 Å². The third-order valence-corrected chi connectivity index (χ3v) is 3.11. The van der Waals surface area contributed by atoms with Crippen LogP contribution in [0.3, 0.4) is 0 Å². The number of nitrogens with one attached hydrogen (secondary N) is 1. The van der Waals surface area contributed by atoms with Gasteiger partial charge in [0.15, 0.2) is 0 Å². The van der Waals surface area contributed by atoms with E-state index in [1.54, 1.807) is 13.3 Å². The maximum Gasteiger partial charge on any atom is 0.240 e. The fraction of sp³-hybridized carbons (Fsp3) is 0.267. The van der Waals surface area contributed by atoms with E-state index in [4.69, 9.17) is 9.26 Å². The first kappa shape index (κ1) is 16.4. The van der Waals surface area contributed by atoms with E-state index in [9.17, 15) is 0 Å². The summed E-state index contributed by atoms with van der Waals surface area (Å²) in [5.74, 6) is 1.05. The van der Waals surface area contributed by atoms with E-state index in [2.05, 4.69) is 20.4 Å². The highest BCUT2D eigenvalue weighted by Gasteiger charge is 2.12. The molecule has 0 saturated heterocycles. The van der Waals surface area contributed by atoms with Crippen molar-refractivity contribution in [2.45, 2.75) is 6.54 Å². The summed E-state index contributed by atoms with van der Waals surface area (Å²) in [4.78, 5) is 8.76. The zero-order valence-electron chi connectivity index (χ0n) is 12.2. The van der Waals surface area contributed by atoms with E-state index in [1.165, 1.54) is 0 Å². The van der Waals surface area contributed by atoms with Gasteiger partial charge in [0.25, 0.3) is 0 Å². The van der Waals surface area contributed by atoms with Gasteiger partial charge in [0.2, 0.25) is 11.7 Å². The molecule has 0 amide bonds. The Labute approximate surface area is 134 Å². The highest BCUT2D eigenvalue weighted by Crippen LogP contribution is 2.23. The van der Waals surface area contributed by atoms with Gasteiger partial charge in [0, 0.05) is 25.2 Å². The van der Waals surface area contributed by atoms with E-state index < -0.39 is 0 Å². The fourth-order valence-corrected chi connectivity index (χ4v) is 2.09. The van der Waals surface area contributed by atoms with E-state index in [0.29, 0.717) is 24.9 Å². The molecule has 0 unspecified atom stereocenters. The summed E-state index contributed by atoms with van der Waals surface area (Å²) < 4.78 is 10.2. The molecule has 1 N–H and O–H groups in total. The second-order valence-corrected chi connectivity index (χ2v) is 4.56. The van der Waals surface area contributed by atoms with Crippen LogP contribution in [0.2, 0.25) is 0 Å². The first-order valence-corrected chi connectivity index (χ1v) is 6.75. The molecule has 7 heteroatoms. The van der Waals surface area contributed by atoms with Crippen LogP contribution in [-0.4, -0.2) is 35.4 Å². The number of aromatic nitrogens is 3. The van der Waals surface area contributed by atoms with Gasteiger partial charge < -0.3 is 14.6 Å². The van der Waals surface area contributed by atoms with Crippen molar-refractivity contribution in [2.75, 3.05) is 20.3 Å². The molecule has 2 heterocycles. The van der Waals surface area contributed by atoms with Crippen LogP contribution in [0.4, 0.5) is 0 Å². The van der Waals surface area contributed by atoms with E-state index in [1.807, 2.05) is 30.3 Å². The van der Waals surface area contributed by atoms with Crippen molar-refractivity contribution < 1.29 is 9.26 Å². The monoisotopic (exact) mass is 320 g/mol. The predicted octanol–water partition coefficient (Wildman–Crippen LogP) is 2.44. The molecular formula is C15H17ClN4O2. The Hall–Kier alpha value is -2.02. The average Bonchev–Trinajstić information content (AvgIpc) is 3.00.